The summed E-state index contributed by atoms with van der Waals surface area (Å²) < 4.78 is 19.2. The van der Waals surface area contributed by atoms with Gasteiger partial charge in [-0.15, -0.1) is 0 Å². The van der Waals surface area contributed by atoms with Crippen molar-refractivity contribution in [3.63, 3.8) is 0 Å². The first kappa shape index (κ1) is 92.9. The molecule has 614 valence electrons. The van der Waals surface area contributed by atoms with Crippen LogP contribution in [0.25, 0.3) is 22.3 Å². The third-order valence-electron chi connectivity index (χ3n) is 23.6. The Morgan fingerprint density at radius 3 is 1.36 bits per heavy atom. The number of nitrogens with one attached hydrogen (secondary N) is 4. The molecule has 1 aliphatic heterocycles. The number of ketones is 3. The standard InChI is InChI=1S/C49H75BN4O7.C42H64N2O6/c1-8-9-12-34-14-19-36(20-15-34)37-21-16-35(17-22-37)18-23-38(24-26-52)47(59)54-45(33(4)55)42(57)27-31(2)46(58)53-40(13-10-11-25-51)41(56)28-32(3)50-60-44-30-39-29-43(48(39,5)6)49(44,7)61-50;1-9-12-14-17-36(41(48)49)43-39(46)29(4)28-37(45)38(30(5)50-42(6,7)8)44-40(47)35(15-11-3)27-22-32-20-25-34(26-21-32)33-23-18-31(19-24-33)16-13-10-2/h14-17,19-22,31-33,38-40,43-45,55H,8-13,18,23-30,51-52H2,1-7H3,(H,53,58)(H,54,59);18-21,23-26,29-30,35-36,38H,9-17,22,27-28H2,1-8H3,(H,43,46)(H,44,47)(H,48,49)/t31-,32-,33-,38+,39+,40+,43+,44?,45+,49+;29-,30-,35-,36+,38+/m11/s1. The molecule has 4 fully saturated rings. The number of aliphatic carboxylic acids is 1. The fourth-order valence-electron chi connectivity index (χ4n) is 16.4. The number of Topliss-reactive ketones (excluding diaryl/α,β-unsaturated/α-hetero) is 3. The van der Waals surface area contributed by atoms with E-state index in [1.165, 1.54) is 49.3 Å². The predicted molar refractivity (Wildman–Crippen MR) is 444 cm³/mol. The van der Waals surface area contributed by atoms with E-state index in [4.69, 9.17) is 25.5 Å². The van der Waals surface area contributed by atoms with Crippen molar-refractivity contribution in [2.45, 2.75) is 324 Å². The minimum Gasteiger partial charge on any atom is -0.480 e. The summed E-state index contributed by atoms with van der Waals surface area (Å²) in [5, 5.41) is 31.6. The molecule has 20 heteroatoms. The Bertz CT molecular complexity index is 3560. The van der Waals surface area contributed by atoms with Gasteiger partial charge >= 0.3 is 13.1 Å². The third kappa shape index (κ3) is 28.2. The molecule has 4 aromatic rings. The van der Waals surface area contributed by atoms with Crippen LogP contribution < -0.4 is 32.7 Å². The van der Waals surface area contributed by atoms with Crippen LogP contribution in [0.3, 0.4) is 0 Å². The topological polar surface area (TPSA) is 305 Å². The number of ether oxygens (including phenoxy) is 1. The highest BCUT2D eigenvalue weighted by Crippen LogP contribution is 2.66. The molecular formula is C91H139BN6O13. The Kier molecular flexibility index (Phi) is 37.9. The van der Waals surface area contributed by atoms with Crippen LogP contribution in [-0.4, -0.2) is 131 Å². The van der Waals surface area contributed by atoms with E-state index >= 15 is 0 Å². The zero-order valence-electron chi connectivity index (χ0n) is 70.0. The van der Waals surface area contributed by atoms with Gasteiger partial charge in [-0.3, -0.25) is 33.6 Å². The second-order valence-corrected chi connectivity index (χ2v) is 34.3. The van der Waals surface area contributed by atoms with Gasteiger partial charge in [0.1, 0.15) is 18.1 Å². The second-order valence-electron chi connectivity index (χ2n) is 34.3. The van der Waals surface area contributed by atoms with Crippen molar-refractivity contribution in [2.75, 3.05) is 13.1 Å². The molecule has 4 amide bonds. The van der Waals surface area contributed by atoms with Crippen molar-refractivity contribution >= 4 is 54.1 Å². The summed E-state index contributed by atoms with van der Waals surface area (Å²) >= 11 is 0. The normalized spacial score (nSPS) is 20.0. The van der Waals surface area contributed by atoms with Gasteiger partial charge in [0.25, 0.3) is 0 Å². The van der Waals surface area contributed by atoms with Gasteiger partial charge in [-0.25, -0.2) is 4.79 Å². The van der Waals surface area contributed by atoms with E-state index in [0.717, 1.165) is 79.2 Å². The Labute approximate surface area is 665 Å². The Hall–Kier alpha value is -6.94. The third-order valence-corrected chi connectivity index (χ3v) is 23.6. The van der Waals surface area contributed by atoms with Gasteiger partial charge in [0.2, 0.25) is 23.6 Å². The smallest absolute Gasteiger partial charge is 0.461 e. The summed E-state index contributed by atoms with van der Waals surface area (Å²) in [5.74, 6) is -5.00. The molecule has 3 aliphatic carbocycles. The molecule has 0 aromatic heterocycles. The average Bonchev–Trinajstić information content (AvgIpc) is 1.68. The number of amides is 4. The summed E-state index contributed by atoms with van der Waals surface area (Å²) in [6.45, 7) is 30.1. The van der Waals surface area contributed by atoms with E-state index in [2.05, 4.69) is 153 Å². The molecule has 8 rings (SSSR count). The zero-order valence-corrected chi connectivity index (χ0v) is 70.0. The zero-order chi connectivity index (χ0) is 81.8. The molecule has 4 aromatic carbocycles. The minimum atomic E-state index is -1.20. The fraction of sp³-hybridized carbons (Fsp3) is 0.648. The molecule has 0 spiro atoms. The minimum absolute atomic E-state index is 0.0135. The lowest BCUT2D eigenvalue weighted by Crippen LogP contribution is -2.65. The SMILES string of the molecule is CCCCC[C@H](NC(=O)[C@H](C)CC(=O)[C@@H](NC(=O)[C@H](CCC)CCc1ccc(-c2ccc(CCCC)cc2)cc1)[C@@H](C)OC(C)(C)C)C(=O)O.CCCCc1ccc(-c2ccc(CC[C@@H](CCN)C(=O)N[C@H](C(=O)C[C@@H](C)C(=O)N[C@@H](CCCCN)C(=O)C[C@@H](C)B3OC4C[C@@H]5C[C@@H](C5(C)C)[C@]4(C)O3)[C@@H](C)O)cc2)cc1. The van der Waals surface area contributed by atoms with Crippen LogP contribution in [-0.2, 0) is 78.1 Å². The average molecular weight is 1540 g/mol. The molecule has 19 nitrogen and oxygen atoms in total. The lowest BCUT2D eigenvalue weighted by atomic mass is 9.43. The van der Waals surface area contributed by atoms with E-state index in [0.29, 0.717) is 89.1 Å². The van der Waals surface area contributed by atoms with Crippen molar-refractivity contribution in [2.24, 2.45) is 52.4 Å². The molecule has 4 aliphatic rings. The van der Waals surface area contributed by atoms with Crippen LogP contribution in [0.15, 0.2) is 97.1 Å². The van der Waals surface area contributed by atoms with Gasteiger partial charge in [-0.1, -0.05) is 198 Å². The molecule has 2 bridgehead atoms. The quantitative estimate of drug-likeness (QED) is 0.0151. The highest BCUT2D eigenvalue weighted by molar-refractivity contribution is 6.47. The van der Waals surface area contributed by atoms with Crippen LogP contribution >= 0.6 is 0 Å². The first-order chi connectivity index (χ1) is 52.7. The number of carbonyl (C=O) groups is 8. The number of hydrogen-bond acceptors (Lipinski definition) is 14. The van der Waals surface area contributed by atoms with Gasteiger partial charge < -0.3 is 57.0 Å². The van der Waals surface area contributed by atoms with Crippen LogP contribution in [0.2, 0.25) is 5.82 Å². The highest BCUT2D eigenvalue weighted by atomic mass is 16.7. The number of rotatable bonds is 48. The summed E-state index contributed by atoms with van der Waals surface area (Å²) in [4.78, 5) is 107. The molecule has 3 saturated carbocycles. The van der Waals surface area contributed by atoms with Crippen molar-refractivity contribution in [1.29, 1.82) is 0 Å². The number of aliphatic hydroxyl groups excluding tert-OH is 1. The van der Waals surface area contributed by atoms with Crippen molar-refractivity contribution < 1.29 is 62.6 Å². The summed E-state index contributed by atoms with van der Waals surface area (Å²) in [5.41, 5.74) is 20.5. The highest BCUT2D eigenvalue weighted by Gasteiger charge is 2.68. The van der Waals surface area contributed by atoms with Crippen molar-refractivity contribution in [3.05, 3.63) is 119 Å². The van der Waals surface area contributed by atoms with E-state index < -0.39 is 90.4 Å². The number of hydrogen-bond donors (Lipinski definition) is 8. The fourth-order valence-corrected chi connectivity index (χ4v) is 16.4. The van der Waals surface area contributed by atoms with Crippen LogP contribution in [0.5, 0.6) is 0 Å². The van der Waals surface area contributed by atoms with Gasteiger partial charge in [0, 0.05) is 42.9 Å². The molecule has 1 saturated heterocycles. The van der Waals surface area contributed by atoms with Crippen molar-refractivity contribution in [1.82, 2.24) is 21.3 Å². The Morgan fingerprint density at radius 1 is 0.505 bits per heavy atom. The first-order valence-corrected chi connectivity index (χ1v) is 42.2. The van der Waals surface area contributed by atoms with E-state index in [1.54, 1.807) is 20.8 Å². The maximum Gasteiger partial charge on any atom is 0.461 e. The number of benzene rings is 4. The van der Waals surface area contributed by atoms with Crippen molar-refractivity contribution in [3.8, 4) is 22.3 Å². The monoisotopic (exact) mass is 1540 g/mol. The number of carbonyl (C=O) groups excluding carboxylic acids is 7. The number of carboxylic acids is 1. The number of aryl methyl sites for hydroxylation is 4. The maximum absolute atomic E-state index is 13.8. The van der Waals surface area contributed by atoms with Gasteiger partial charge in [-0.05, 0) is 225 Å². The number of nitrogens with two attached hydrogens (primary N) is 2. The largest absolute Gasteiger partial charge is 0.480 e. The summed E-state index contributed by atoms with van der Waals surface area (Å²) in [6, 6.07) is 30.4. The molecule has 111 heavy (non-hydrogen) atoms. The van der Waals surface area contributed by atoms with Crippen LogP contribution in [0.1, 0.15) is 261 Å². The lowest BCUT2D eigenvalue weighted by Gasteiger charge is -2.64. The summed E-state index contributed by atoms with van der Waals surface area (Å²) in [7, 11) is -0.501. The first-order valence-electron chi connectivity index (χ1n) is 42.2. The molecule has 15 atom stereocenters. The van der Waals surface area contributed by atoms with E-state index in [1.807, 2.05) is 41.5 Å². The van der Waals surface area contributed by atoms with Crippen LogP contribution in [0.4, 0.5) is 0 Å². The van der Waals surface area contributed by atoms with Crippen LogP contribution in [0, 0.1) is 40.9 Å². The number of carboxylic acid groups (broad SMARTS) is 1. The lowest BCUT2D eigenvalue weighted by molar-refractivity contribution is -0.199. The molecule has 1 unspecified atom stereocenters. The maximum atomic E-state index is 13.8. The van der Waals surface area contributed by atoms with Gasteiger partial charge in [0.05, 0.1) is 35.6 Å². The predicted octanol–water partition coefficient (Wildman–Crippen LogP) is 15.2. The van der Waals surface area contributed by atoms with E-state index in [-0.39, 0.29) is 71.5 Å². The van der Waals surface area contributed by atoms with E-state index in [9.17, 15) is 48.6 Å². The summed E-state index contributed by atoms with van der Waals surface area (Å²) in [6.07, 6.45) is 16.1. The number of unbranched alkanes of at least 4 members (excludes halogenated alkanes) is 5. The molecular weight excluding hydrogens is 1400 g/mol. The molecule has 10 N–H and O–H groups in total. The second kappa shape index (κ2) is 45.2. The molecule has 0 radical (unpaired) electrons. The Morgan fingerprint density at radius 2 is 0.937 bits per heavy atom. The Balaban J connectivity index is 0.000000354. The van der Waals surface area contributed by atoms with Gasteiger partial charge in [0.15, 0.2) is 17.3 Å². The molecule has 1 heterocycles. The van der Waals surface area contributed by atoms with Gasteiger partial charge in [-0.2, -0.15) is 0 Å². The number of aliphatic hydroxyl groups is 1.